The van der Waals surface area contributed by atoms with Crippen molar-refractivity contribution in [2.75, 3.05) is 0 Å². The fourth-order valence-corrected chi connectivity index (χ4v) is 1.14. The van der Waals surface area contributed by atoms with Crippen molar-refractivity contribution in [1.29, 1.82) is 0 Å². The fraction of sp³-hybridized carbons (Fsp3) is 0.500. The van der Waals surface area contributed by atoms with Crippen molar-refractivity contribution in [2.45, 2.75) is 47.1 Å². The van der Waals surface area contributed by atoms with Crippen LogP contribution in [0.15, 0.2) is 35.5 Å². The lowest BCUT2D eigenvalue weighted by Crippen LogP contribution is -2.13. The van der Waals surface area contributed by atoms with Gasteiger partial charge in [0.1, 0.15) is 6.10 Å². The van der Waals surface area contributed by atoms with Crippen LogP contribution in [0, 0.1) is 0 Å². The molecule has 0 saturated heterocycles. The van der Waals surface area contributed by atoms with Crippen LogP contribution in [0.1, 0.15) is 41.0 Å². The number of hydrogen-bond donors (Lipinski definition) is 0. The summed E-state index contributed by atoms with van der Waals surface area (Å²) in [7, 11) is 0. The highest BCUT2D eigenvalue weighted by atomic mass is 16.5. The molecule has 0 aromatic rings. The third kappa shape index (κ3) is 7.04. The molecule has 0 rings (SSSR count). The van der Waals surface area contributed by atoms with Gasteiger partial charge in [-0.15, -0.1) is 0 Å². The Hall–Kier alpha value is -1.31. The number of ether oxygens (including phenoxy) is 1. The van der Waals surface area contributed by atoms with Gasteiger partial charge in [0.05, 0.1) is 0 Å². The monoisotopic (exact) mass is 222 g/mol. The van der Waals surface area contributed by atoms with Crippen LogP contribution in [-0.4, -0.2) is 12.1 Å². The number of carbonyl (C=O) groups excluding carboxylic acids is 1. The van der Waals surface area contributed by atoms with Crippen LogP contribution in [0.3, 0.4) is 0 Å². The molecule has 0 heterocycles. The van der Waals surface area contributed by atoms with Gasteiger partial charge in [-0.1, -0.05) is 23.8 Å². The molecule has 0 fully saturated rings. The van der Waals surface area contributed by atoms with E-state index in [0.717, 1.165) is 6.42 Å². The van der Waals surface area contributed by atoms with Gasteiger partial charge >= 0.3 is 5.97 Å². The Bertz CT molecular complexity index is 318. The summed E-state index contributed by atoms with van der Waals surface area (Å²) in [6.07, 6.45) is 4.81. The molecule has 0 aromatic heterocycles. The highest BCUT2D eigenvalue weighted by Crippen LogP contribution is 2.08. The Morgan fingerprint density at radius 3 is 2.31 bits per heavy atom. The van der Waals surface area contributed by atoms with Crippen LogP contribution >= 0.6 is 0 Å². The fourth-order valence-electron chi connectivity index (χ4n) is 1.14. The zero-order chi connectivity index (χ0) is 12.7. The van der Waals surface area contributed by atoms with Gasteiger partial charge in [0, 0.05) is 5.57 Å². The number of hydrogen-bond acceptors (Lipinski definition) is 2. The van der Waals surface area contributed by atoms with Gasteiger partial charge in [-0.2, -0.15) is 0 Å². The summed E-state index contributed by atoms with van der Waals surface area (Å²) < 4.78 is 5.15. The third-order valence-corrected chi connectivity index (χ3v) is 1.99. The number of carbonyl (C=O) groups is 1. The smallest absolute Gasteiger partial charge is 0.333 e. The molecule has 0 amide bonds. The van der Waals surface area contributed by atoms with Crippen LogP contribution in [0.25, 0.3) is 0 Å². The number of rotatable bonds is 5. The average Bonchev–Trinajstić information content (AvgIpc) is 2.14. The normalized spacial score (nSPS) is 12.9. The summed E-state index contributed by atoms with van der Waals surface area (Å²) in [5, 5.41) is 0. The molecule has 16 heavy (non-hydrogen) atoms. The first-order valence-corrected chi connectivity index (χ1v) is 5.50. The molecule has 0 aliphatic carbocycles. The lowest BCUT2D eigenvalue weighted by Gasteiger charge is -2.10. The summed E-state index contributed by atoms with van der Waals surface area (Å²) in [5.74, 6) is -0.334. The van der Waals surface area contributed by atoms with Crippen LogP contribution in [-0.2, 0) is 9.53 Å². The average molecular weight is 222 g/mol. The number of allylic oxidation sites excluding steroid dienone is 3. The second kappa shape index (κ2) is 7.04. The molecule has 0 aliphatic rings. The van der Waals surface area contributed by atoms with Crippen molar-refractivity contribution < 1.29 is 9.53 Å². The molecule has 0 spiro atoms. The molecule has 2 heteroatoms. The minimum Gasteiger partial charge on any atom is -0.455 e. The molecule has 0 bridgehead atoms. The zero-order valence-electron chi connectivity index (χ0n) is 11.0. The summed E-state index contributed by atoms with van der Waals surface area (Å²) >= 11 is 0. The van der Waals surface area contributed by atoms with Gasteiger partial charge in [0.25, 0.3) is 0 Å². The maximum absolute atomic E-state index is 11.2. The minimum absolute atomic E-state index is 0.199. The Morgan fingerprint density at radius 2 is 1.88 bits per heavy atom. The highest BCUT2D eigenvalue weighted by Gasteiger charge is 2.07. The van der Waals surface area contributed by atoms with E-state index in [1.54, 1.807) is 6.92 Å². The summed E-state index contributed by atoms with van der Waals surface area (Å²) in [4.78, 5) is 11.2. The van der Waals surface area contributed by atoms with Gasteiger partial charge in [-0.05, 0) is 47.1 Å². The Balaban J connectivity index is 4.25. The first-order chi connectivity index (χ1) is 7.32. The van der Waals surface area contributed by atoms with Crippen LogP contribution < -0.4 is 0 Å². The van der Waals surface area contributed by atoms with Crippen molar-refractivity contribution in [2.24, 2.45) is 0 Å². The van der Waals surface area contributed by atoms with E-state index in [1.807, 2.05) is 19.9 Å². The van der Waals surface area contributed by atoms with Crippen molar-refractivity contribution in [3.8, 4) is 0 Å². The third-order valence-electron chi connectivity index (χ3n) is 1.99. The molecule has 0 radical (unpaired) electrons. The molecule has 1 unspecified atom stereocenters. The van der Waals surface area contributed by atoms with Crippen LogP contribution in [0.5, 0.6) is 0 Å². The molecular weight excluding hydrogens is 200 g/mol. The number of esters is 1. The molecule has 0 aromatic carbocycles. The predicted molar refractivity (Wildman–Crippen MR) is 68.2 cm³/mol. The van der Waals surface area contributed by atoms with E-state index in [4.69, 9.17) is 4.74 Å². The van der Waals surface area contributed by atoms with Gasteiger partial charge in [-0.25, -0.2) is 4.79 Å². The standard InChI is InChI=1S/C14H22O2/c1-10(2)7-8-12(5)9-13(6)16-14(15)11(3)4/h7,9,13H,3,8H2,1-2,4-6H3/b12-9+. The van der Waals surface area contributed by atoms with E-state index in [0.29, 0.717) is 5.57 Å². The molecule has 90 valence electrons. The summed E-state index contributed by atoms with van der Waals surface area (Å²) in [6, 6.07) is 0. The van der Waals surface area contributed by atoms with E-state index >= 15 is 0 Å². The van der Waals surface area contributed by atoms with Crippen molar-refractivity contribution in [1.82, 2.24) is 0 Å². The van der Waals surface area contributed by atoms with E-state index < -0.39 is 0 Å². The van der Waals surface area contributed by atoms with Crippen molar-refractivity contribution in [3.05, 3.63) is 35.5 Å². The topological polar surface area (TPSA) is 26.3 Å². The molecule has 2 nitrogen and oxygen atoms in total. The van der Waals surface area contributed by atoms with Crippen molar-refractivity contribution >= 4 is 5.97 Å². The first kappa shape index (κ1) is 14.7. The second-order valence-corrected chi connectivity index (χ2v) is 4.39. The molecule has 1 atom stereocenters. The maximum atomic E-state index is 11.2. The quantitative estimate of drug-likeness (QED) is 0.402. The molecule has 0 N–H and O–H groups in total. The summed E-state index contributed by atoms with van der Waals surface area (Å²) in [6.45, 7) is 13.2. The zero-order valence-corrected chi connectivity index (χ0v) is 11.0. The van der Waals surface area contributed by atoms with E-state index in [2.05, 4.69) is 26.5 Å². The van der Waals surface area contributed by atoms with Crippen LogP contribution in [0.4, 0.5) is 0 Å². The molecule has 0 aliphatic heterocycles. The SMILES string of the molecule is C=C(C)C(=O)OC(C)/C=C(\C)CC=C(C)C. The lowest BCUT2D eigenvalue weighted by molar-refractivity contribution is -0.141. The van der Waals surface area contributed by atoms with Gasteiger partial charge in [0.2, 0.25) is 0 Å². The molecule has 0 saturated carbocycles. The first-order valence-electron chi connectivity index (χ1n) is 5.50. The predicted octanol–water partition coefficient (Wildman–Crippen LogP) is 3.80. The Morgan fingerprint density at radius 1 is 1.31 bits per heavy atom. The second-order valence-electron chi connectivity index (χ2n) is 4.39. The highest BCUT2D eigenvalue weighted by molar-refractivity contribution is 5.87. The maximum Gasteiger partial charge on any atom is 0.333 e. The molecular formula is C14H22O2. The lowest BCUT2D eigenvalue weighted by atomic mass is 10.1. The van der Waals surface area contributed by atoms with E-state index in [9.17, 15) is 4.79 Å². The van der Waals surface area contributed by atoms with Gasteiger partial charge < -0.3 is 4.74 Å². The Labute approximate surface area is 98.7 Å². The Kier molecular flexibility index (Phi) is 6.47. The van der Waals surface area contributed by atoms with Gasteiger partial charge in [-0.3, -0.25) is 0 Å². The van der Waals surface area contributed by atoms with E-state index in [1.165, 1.54) is 11.1 Å². The van der Waals surface area contributed by atoms with Crippen molar-refractivity contribution in [3.63, 3.8) is 0 Å². The minimum atomic E-state index is -0.334. The van der Waals surface area contributed by atoms with Crippen LogP contribution in [0.2, 0.25) is 0 Å². The van der Waals surface area contributed by atoms with Gasteiger partial charge in [0.15, 0.2) is 0 Å². The largest absolute Gasteiger partial charge is 0.455 e. The van der Waals surface area contributed by atoms with E-state index in [-0.39, 0.29) is 12.1 Å². The summed E-state index contributed by atoms with van der Waals surface area (Å²) in [5.41, 5.74) is 2.92.